The Labute approximate surface area is 225 Å². The minimum absolute atomic E-state index is 0.0818. The molecule has 0 radical (unpaired) electrons. The summed E-state index contributed by atoms with van der Waals surface area (Å²) in [6.07, 6.45) is -3.62. The Morgan fingerprint density at radius 3 is 2.45 bits per heavy atom. The van der Waals surface area contributed by atoms with Gasteiger partial charge < -0.3 is 10.1 Å². The molecule has 15 heteroatoms. The van der Waals surface area contributed by atoms with Crippen molar-refractivity contribution in [3.8, 4) is 11.5 Å². The topological polar surface area (TPSA) is 119 Å². The fraction of sp³-hybridized carbons (Fsp3) is 0.0800. The molecule has 0 aromatic heterocycles. The van der Waals surface area contributed by atoms with Crippen LogP contribution >= 0.6 is 11.8 Å². The summed E-state index contributed by atoms with van der Waals surface area (Å²) in [5.41, 5.74) is -2.43. The van der Waals surface area contributed by atoms with E-state index < -0.39 is 63.3 Å². The average Bonchev–Trinajstić information content (AvgIpc) is 3.13. The molecule has 1 aliphatic rings. The van der Waals surface area contributed by atoms with E-state index in [1.807, 2.05) is 0 Å². The van der Waals surface area contributed by atoms with E-state index >= 15 is 0 Å². The van der Waals surface area contributed by atoms with Crippen LogP contribution in [0.25, 0.3) is 6.08 Å². The monoisotopic (exact) mass is 579 g/mol. The number of carbonyl (C=O) groups is 3. The first-order valence-electron chi connectivity index (χ1n) is 11.0. The molecule has 0 aliphatic carbocycles. The number of nitrogens with zero attached hydrogens (tertiary/aromatic N) is 2. The molecule has 0 bridgehead atoms. The highest BCUT2D eigenvalue weighted by Gasteiger charge is 2.37. The lowest BCUT2D eigenvalue weighted by Gasteiger charge is -2.13. The highest BCUT2D eigenvalue weighted by Crippen LogP contribution is 2.40. The first-order valence-corrected chi connectivity index (χ1v) is 11.8. The molecule has 3 amide bonds. The standard InChI is InChI=1S/C25H14F5N3O6S/c26-15-6-7-17(16(27)11-15)31-22(34)12-32-23(35)21(40-24(32)36)9-13-3-1-2-4-19(13)39-20-8-5-14(25(28,29)30)10-18(20)33(37)38/h1-11H,12H2,(H,31,34)/b21-9+. The number of para-hydroxylation sites is 1. The zero-order chi connectivity index (χ0) is 29.2. The molecular formula is C25H14F5N3O6S. The Balaban J connectivity index is 1.55. The van der Waals surface area contributed by atoms with Crippen LogP contribution < -0.4 is 10.1 Å². The van der Waals surface area contributed by atoms with Gasteiger partial charge in [0.05, 0.1) is 21.1 Å². The van der Waals surface area contributed by atoms with Crippen molar-refractivity contribution in [2.45, 2.75) is 6.18 Å². The number of nitro groups is 1. The van der Waals surface area contributed by atoms with Crippen molar-refractivity contribution in [2.24, 2.45) is 0 Å². The van der Waals surface area contributed by atoms with Gasteiger partial charge in [0.1, 0.15) is 23.9 Å². The van der Waals surface area contributed by atoms with Gasteiger partial charge in [-0.15, -0.1) is 0 Å². The summed E-state index contributed by atoms with van der Waals surface area (Å²) in [5, 5.41) is 12.7. The molecule has 0 saturated carbocycles. The number of halogens is 5. The smallest absolute Gasteiger partial charge is 0.416 e. The number of imide groups is 1. The van der Waals surface area contributed by atoms with Gasteiger partial charge in [0.2, 0.25) is 11.7 Å². The van der Waals surface area contributed by atoms with Crippen LogP contribution in [0.2, 0.25) is 0 Å². The number of nitrogens with one attached hydrogen (secondary N) is 1. The number of benzene rings is 3. The minimum Gasteiger partial charge on any atom is -0.449 e. The zero-order valence-electron chi connectivity index (χ0n) is 19.7. The summed E-state index contributed by atoms with van der Waals surface area (Å²) in [4.78, 5) is 48.3. The number of rotatable bonds is 7. The molecule has 0 atom stereocenters. The predicted molar refractivity (Wildman–Crippen MR) is 132 cm³/mol. The van der Waals surface area contributed by atoms with Crippen LogP contribution in [0, 0.1) is 21.7 Å². The molecule has 1 heterocycles. The van der Waals surface area contributed by atoms with E-state index in [1.165, 1.54) is 30.3 Å². The van der Waals surface area contributed by atoms with Crippen molar-refractivity contribution in [3.63, 3.8) is 0 Å². The molecule has 4 rings (SSSR count). The molecule has 1 saturated heterocycles. The van der Waals surface area contributed by atoms with Gasteiger partial charge >= 0.3 is 11.9 Å². The van der Waals surface area contributed by atoms with E-state index in [0.717, 1.165) is 18.2 Å². The molecule has 0 unspecified atom stereocenters. The zero-order valence-corrected chi connectivity index (χ0v) is 20.5. The SMILES string of the molecule is O=C(CN1C(=O)S/C(=C/c2ccccc2Oc2ccc(C(F)(F)F)cc2[N+](=O)[O-])C1=O)Nc1ccc(F)cc1F. The maximum Gasteiger partial charge on any atom is 0.416 e. The summed E-state index contributed by atoms with van der Waals surface area (Å²) < 4.78 is 71.4. The van der Waals surface area contributed by atoms with E-state index in [1.54, 1.807) is 0 Å². The maximum atomic E-state index is 13.8. The van der Waals surface area contributed by atoms with Crippen molar-refractivity contribution >= 4 is 46.3 Å². The van der Waals surface area contributed by atoms with Crippen LogP contribution in [0.3, 0.4) is 0 Å². The lowest BCUT2D eigenvalue weighted by Crippen LogP contribution is -2.36. The van der Waals surface area contributed by atoms with Gasteiger partial charge in [-0.05, 0) is 48.2 Å². The number of anilines is 1. The number of alkyl halides is 3. The summed E-state index contributed by atoms with van der Waals surface area (Å²) in [6, 6.07) is 9.86. The van der Waals surface area contributed by atoms with Crippen molar-refractivity contribution in [3.05, 3.63) is 98.4 Å². The molecule has 1 fully saturated rings. The average molecular weight is 579 g/mol. The lowest BCUT2D eigenvalue weighted by molar-refractivity contribution is -0.385. The van der Waals surface area contributed by atoms with Crippen molar-refractivity contribution in [1.29, 1.82) is 0 Å². The van der Waals surface area contributed by atoms with Crippen LogP contribution in [0.1, 0.15) is 11.1 Å². The maximum absolute atomic E-state index is 13.8. The lowest BCUT2D eigenvalue weighted by atomic mass is 10.1. The molecule has 0 spiro atoms. The molecule has 1 aliphatic heterocycles. The van der Waals surface area contributed by atoms with E-state index in [4.69, 9.17) is 4.74 Å². The molecule has 1 N–H and O–H groups in total. The Morgan fingerprint density at radius 2 is 1.77 bits per heavy atom. The molecule has 40 heavy (non-hydrogen) atoms. The fourth-order valence-corrected chi connectivity index (χ4v) is 4.26. The van der Waals surface area contributed by atoms with Crippen molar-refractivity contribution in [2.75, 3.05) is 11.9 Å². The van der Waals surface area contributed by atoms with Gasteiger partial charge in [0.15, 0.2) is 0 Å². The van der Waals surface area contributed by atoms with Gasteiger partial charge in [-0.2, -0.15) is 13.2 Å². The predicted octanol–water partition coefficient (Wildman–Crippen LogP) is 6.36. The van der Waals surface area contributed by atoms with Gasteiger partial charge in [0.25, 0.3) is 11.1 Å². The first-order chi connectivity index (χ1) is 18.8. The Morgan fingerprint density at radius 1 is 1.05 bits per heavy atom. The molecule has 3 aromatic rings. The summed E-state index contributed by atoms with van der Waals surface area (Å²) in [7, 11) is 0. The normalized spacial score (nSPS) is 14.5. The number of nitro benzene ring substituents is 1. The van der Waals surface area contributed by atoms with Gasteiger partial charge in [0, 0.05) is 17.7 Å². The number of carbonyl (C=O) groups excluding carboxylic acids is 3. The van der Waals surface area contributed by atoms with Gasteiger partial charge in [-0.3, -0.25) is 29.4 Å². The Kier molecular flexibility index (Phi) is 7.86. The van der Waals surface area contributed by atoms with E-state index in [-0.39, 0.29) is 21.9 Å². The minimum atomic E-state index is -4.83. The van der Waals surface area contributed by atoms with Crippen molar-refractivity contribution < 1.29 is 46.0 Å². The third kappa shape index (κ3) is 6.26. The van der Waals surface area contributed by atoms with Crippen molar-refractivity contribution in [1.82, 2.24) is 4.90 Å². The second-order valence-electron chi connectivity index (χ2n) is 8.02. The van der Waals surface area contributed by atoms with Crippen LogP contribution in [0.15, 0.2) is 65.6 Å². The van der Waals surface area contributed by atoms with E-state index in [0.29, 0.717) is 34.9 Å². The third-order valence-electron chi connectivity index (χ3n) is 5.29. The van der Waals surface area contributed by atoms with Crippen LogP contribution in [-0.2, 0) is 15.8 Å². The van der Waals surface area contributed by atoms with E-state index in [2.05, 4.69) is 5.32 Å². The highest BCUT2D eigenvalue weighted by atomic mass is 32.2. The van der Waals surface area contributed by atoms with Crippen LogP contribution in [-0.4, -0.2) is 33.4 Å². The summed E-state index contributed by atoms with van der Waals surface area (Å²) >= 11 is 0.464. The first kappa shape index (κ1) is 28.2. The van der Waals surface area contributed by atoms with Gasteiger partial charge in [-0.1, -0.05) is 18.2 Å². The number of amides is 3. The Hall–Kier alpha value is -4.79. The molecule has 3 aromatic carbocycles. The number of thioether (sulfide) groups is 1. The Bertz CT molecular complexity index is 1580. The fourth-order valence-electron chi connectivity index (χ4n) is 3.44. The molecule has 206 valence electrons. The summed E-state index contributed by atoms with van der Waals surface area (Å²) in [5.74, 6) is -4.35. The molecule has 9 nitrogen and oxygen atoms in total. The largest absolute Gasteiger partial charge is 0.449 e. The number of hydrogen-bond acceptors (Lipinski definition) is 7. The number of ether oxygens (including phenoxy) is 1. The second-order valence-corrected chi connectivity index (χ2v) is 9.01. The second kappa shape index (κ2) is 11.1. The van der Waals surface area contributed by atoms with Crippen LogP contribution in [0.4, 0.5) is 38.1 Å². The third-order valence-corrected chi connectivity index (χ3v) is 6.20. The highest BCUT2D eigenvalue weighted by molar-refractivity contribution is 8.18. The molecular weight excluding hydrogens is 565 g/mol. The van der Waals surface area contributed by atoms with Crippen LogP contribution in [0.5, 0.6) is 11.5 Å². The van der Waals surface area contributed by atoms with E-state index in [9.17, 15) is 46.5 Å². The summed E-state index contributed by atoms with van der Waals surface area (Å²) in [6.45, 7) is -0.783. The van der Waals surface area contributed by atoms with Gasteiger partial charge in [-0.25, -0.2) is 8.78 Å². The quantitative estimate of drug-likeness (QED) is 0.150. The number of hydrogen-bond donors (Lipinski definition) is 1.